The number of sulfone groups is 1. The number of hydrogen-bond donors (Lipinski definition) is 1. The van der Waals surface area contributed by atoms with Crippen molar-refractivity contribution in [2.24, 2.45) is 0 Å². The maximum Gasteiger partial charge on any atom is 0.147 e. The van der Waals surface area contributed by atoms with Crippen molar-refractivity contribution in [3.05, 3.63) is 0 Å². The Hall–Kier alpha value is 0.260. The molecule has 0 spiro atoms. The predicted octanol–water partition coefficient (Wildman–Crippen LogP) is 1.15. The van der Waals surface area contributed by atoms with Crippen molar-refractivity contribution in [3.8, 4) is 0 Å². The topological polar surface area (TPSA) is 46.2 Å². The highest BCUT2D eigenvalue weighted by atomic mass is 32.2. The molecule has 1 N–H and O–H groups in total. The number of thioether (sulfide) groups is 1. The third-order valence-corrected chi connectivity index (χ3v) is 4.07. The highest BCUT2D eigenvalue weighted by Gasteiger charge is 2.01. The molecule has 0 aliphatic carbocycles. The molecule has 1 unspecified atom stereocenters. The minimum atomic E-state index is -2.78. The van der Waals surface area contributed by atoms with Crippen molar-refractivity contribution in [1.29, 1.82) is 0 Å². The summed E-state index contributed by atoms with van der Waals surface area (Å²) in [5.74, 6) is 0.290. The molecule has 0 saturated heterocycles. The molecule has 0 aliphatic heterocycles. The normalized spacial score (nSPS) is 14.2. The largest absolute Gasteiger partial charge is 0.317 e. The molecule has 1 atom stereocenters. The van der Waals surface area contributed by atoms with E-state index >= 15 is 0 Å². The maximum atomic E-state index is 10.8. The van der Waals surface area contributed by atoms with Gasteiger partial charge in [0.1, 0.15) is 9.84 Å². The van der Waals surface area contributed by atoms with Gasteiger partial charge in [0.2, 0.25) is 0 Å². The number of rotatable bonds is 8. The first kappa shape index (κ1) is 14.3. The molecule has 0 aromatic heterocycles. The SMILES string of the molecule is CSC(C)CCNCCCS(C)(=O)=O. The Morgan fingerprint density at radius 2 is 2.00 bits per heavy atom. The summed E-state index contributed by atoms with van der Waals surface area (Å²) in [6.07, 6.45) is 5.24. The molecule has 3 nitrogen and oxygen atoms in total. The molecule has 0 aromatic rings. The lowest BCUT2D eigenvalue weighted by atomic mass is 10.3. The Morgan fingerprint density at radius 1 is 1.36 bits per heavy atom. The van der Waals surface area contributed by atoms with Crippen molar-refractivity contribution >= 4 is 21.6 Å². The molecule has 86 valence electrons. The van der Waals surface area contributed by atoms with Crippen LogP contribution in [0.5, 0.6) is 0 Å². The van der Waals surface area contributed by atoms with Crippen molar-refractivity contribution in [2.45, 2.75) is 25.0 Å². The zero-order valence-corrected chi connectivity index (χ0v) is 10.9. The van der Waals surface area contributed by atoms with Gasteiger partial charge in [-0.2, -0.15) is 11.8 Å². The van der Waals surface area contributed by atoms with Gasteiger partial charge < -0.3 is 5.32 Å². The average molecular weight is 239 g/mol. The highest BCUT2D eigenvalue weighted by Crippen LogP contribution is 2.07. The van der Waals surface area contributed by atoms with E-state index in [1.807, 2.05) is 11.8 Å². The Bertz CT molecular complexity index is 227. The van der Waals surface area contributed by atoms with Crippen LogP contribution in [0.1, 0.15) is 19.8 Å². The Balaban J connectivity index is 3.23. The van der Waals surface area contributed by atoms with Gasteiger partial charge in [-0.1, -0.05) is 6.92 Å². The van der Waals surface area contributed by atoms with Crippen molar-refractivity contribution < 1.29 is 8.42 Å². The van der Waals surface area contributed by atoms with E-state index in [1.54, 1.807) is 0 Å². The van der Waals surface area contributed by atoms with Crippen LogP contribution in [0.3, 0.4) is 0 Å². The molecular formula is C9H21NO2S2. The maximum absolute atomic E-state index is 10.8. The number of hydrogen-bond acceptors (Lipinski definition) is 4. The van der Waals surface area contributed by atoms with Gasteiger partial charge in [-0.05, 0) is 32.2 Å². The van der Waals surface area contributed by atoms with Gasteiger partial charge >= 0.3 is 0 Å². The van der Waals surface area contributed by atoms with Crippen molar-refractivity contribution in [2.75, 3.05) is 31.4 Å². The molecular weight excluding hydrogens is 218 g/mol. The fraction of sp³-hybridized carbons (Fsp3) is 1.00. The van der Waals surface area contributed by atoms with E-state index in [-0.39, 0.29) is 5.75 Å². The van der Waals surface area contributed by atoms with Gasteiger partial charge in [0, 0.05) is 11.5 Å². The summed E-state index contributed by atoms with van der Waals surface area (Å²) >= 11 is 1.86. The molecule has 0 bridgehead atoms. The van der Waals surface area contributed by atoms with Crippen LogP contribution in [0.25, 0.3) is 0 Å². The first-order valence-electron chi connectivity index (χ1n) is 4.87. The summed E-state index contributed by atoms with van der Waals surface area (Å²) in [7, 11) is -2.78. The average Bonchev–Trinajstić information content (AvgIpc) is 2.08. The van der Waals surface area contributed by atoms with E-state index in [0.29, 0.717) is 11.7 Å². The van der Waals surface area contributed by atoms with Crippen LogP contribution in [0.2, 0.25) is 0 Å². The van der Waals surface area contributed by atoms with Gasteiger partial charge in [-0.15, -0.1) is 0 Å². The first-order valence-corrected chi connectivity index (χ1v) is 8.22. The van der Waals surface area contributed by atoms with E-state index < -0.39 is 9.84 Å². The Labute approximate surface area is 92.0 Å². The van der Waals surface area contributed by atoms with E-state index in [0.717, 1.165) is 19.5 Å². The van der Waals surface area contributed by atoms with Crippen LogP contribution in [-0.4, -0.2) is 45.0 Å². The third kappa shape index (κ3) is 10.3. The zero-order valence-electron chi connectivity index (χ0n) is 9.25. The summed E-state index contributed by atoms with van der Waals surface area (Å²) in [6, 6.07) is 0. The molecule has 0 heterocycles. The van der Waals surface area contributed by atoms with Gasteiger partial charge in [0.25, 0.3) is 0 Å². The molecule has 0 radical (unpaired) electrons. The minimum Gasteiger partial charge on any atom is -0.317 e. The molecule has 0 rings (SSSR count). The van der Waals surface area contributed by atoms with Gasteiger partial charge in [-0.3, -0.25) is 0 Å². The fourth-order valence-corrected chi connectivity index (χ4v) is 2.03. The van der Waals surface area contributed by atoms with Gasteiger partial charge in [-0.25, -0.2) is 8.42 Å². The molecule has 0 amide bonds. The van der Waals surface area contributed by atoms with Gasteiger partial charge in [0.05, 0.1) is 5.75 Å². The molecule has 5 heteroatoms. The van der Waals surface area contributed by atoms with Crippen LogP contribution in [0.15, 0.2) is 0 Å². The Morgan fingerprint density at radius 3 is 2.50 bits per heavy atom. The van der Waals surface area contributed by atoms with E-state index in [2.05, 4.69) is 18.5 Å². The second kappa shape index (κ2) is 7.54. The lowest BCUT2D eigenvalue weighted by molar-refractivity contribution is 0.592. The molecule has 0 saturated carbocycles. The lowest BCUT2D eigenvalue weighted by Gasteiger charge is -2.08. The molecule has 0 aliphatic rings. The number of nitrogens with one attached hydrogen (secondary N) is 1. The summed E-state index contributed by atoms with van der Waals surface area (Å²) in [6.45, 7) is 3.97. The predicted molar refractivity (Wildman–Crippen MR) is 64.8 cm³/mol. The fourth-order valence-electron chi connectivity index (χ4n) is 1.01. The summed E-state index contributed by atoms with van der Waals surface area (Å²) in [5.41, 5.74) is 0. The standard InChI is InChI=1S/C9H21NO2S2/c1-9(13-2)5-7-10-6-4-8-14(3,11)12/h9-10H,4-8H2,1-3H3. The van der Waals surface area contributed by atoms with Crippen LogP contribution in [0, 0.1) is 0 Å². The van der Waals surface area contributed by atoms with Crippen LogP contribution in [-0.2, 0) is 9.84 Å². The Kier molecular flexibility index (Phi) is 7.68. The van der Waals surface area contributed by atoms with Gasteiger partial charge in [0.15, 0.2) is 0 Å². The molecule has 0 fully saturated rings. The molecule has 0 aromatic carbocycles. The first-order chi connectivity index (χ1) is 6.45. The van der Waals surface area contributed by atoms with Crippen LogP contribution >= 0.6 is 11.8 Å². The summed E-state index contributed by atoms with van der Waals surface area (Å²) in [4.78, 5) is 0. The monoisotopic (exact) mass is 239 g/mol. The summed E-state index contributed by atoms with van der Waals surface area (Å²) in [5, 5.41) is 3.92. The van der Waals surface area contributed by atoms with E-state index in [9.17, 15) is 8.42 Å². The van der Waals surface area contributed by atoms with Crippen molar-refractivity contribution in [1.82, 2.24) is 5.32 Å². The smallest absolute Gasteiger partial charge is 0.147 e. The minimum absolute atomic E-state index is 0.290. The highest BCUT2D eigenvalue weighted by molar-refractivity contribution is 7.99. The second-order valence-corrected chi connectivity index (χ2v) is 7.10. The van der Waals surface area contributed by atoms with E-state index in [4.69, 9.17) is 0 Å². The van der Waals surface area contributed by atoms with Crippen LogP contribution in [0.4, 0.5) is 0 Å². The summed E-state index contributed by atoms with van der Waals surface area (Å²) < 4.78 is 21.6. The molecule has 14 heavy (non-hydrogen) atoms. The lowest BCUT2D eigenvalue weighted by Crippen LogP contribution is -2.21. The third-order valence-electron chi connectivity index (χ3n) is 2.00. The van der Waals surface area contributed by atoms with Crippen LogP contribution < -0.4 is 5.32 Å². The zero-order chi connectivity index (χ0) is 11.0. The second-order valence-electron chi connectivity index (χ2n) is 3.57. The quantitative estimate of drug-likeness (QED) is 0.646. The van der Waals surface area contributed by atoms with E-state index in [1.165, 1.54) is 6.26 Å². The van der Waals surface area contributed by atoms with Crippen molar-refractivity contribution in [3.63, 3.8) is 0 Å².